The third-order valence-corrected chi connectivity index (χ3v) is 3.49. The fourth-order valence-electron chi connectivity index (χ4n) is 2.41. The van der Waals surface area contributed by atoms with Gasteiger partial charge < -0.3 is 9.88 Å². The van der Waals surface area contributed by atoms with Crippen LogP contribution < -0.4 is 5.32 Å². The highest BCUT2D eigenvalue weighted by atomic mass is 16.2. The fraction of sp³-hybridized carbons (Fsp3) is 0.286. The summed E-state index contributed by atoms with van der Waals surface area (Å²) in [5, 5.41) is 3.07. The Morgan fingerprint density at radius 3 is 2.94 bits per heavy atom. The number of amides is 1. The lowest BCUT2D eigenvalue weighted by Gasteiger charge is -2.36. The van der Waals surface area contributed by atoms with Crippen molar-refractivity contribution in [2.24, 2.45) is 0 Å². The van der Waals surface area contributed by atoms with E-state index >= 15 is 0 Å². The Bertz CT molecular complexity index is 600. The van der Waals surface area contributed by atoms with Crippen LogP contribution in [0.15, 0.2) is 36.7 Å². The molecule has 0 aliphatic carbocycles. The molecule has 1 aliphatic rings. The van der Waals surface area contributed by atoms with E-state index in [4.69, 9.17) is 0 Å². The zero-order chi connectivity index (χ0) is 12.8. The van der Waals surface area contributed by atoms with Crippen molar-refractivity contribution in [2.45, 2.75) is 25.9 Å². The molecule has 1 atom stereocenters. The molecule has 3 rings (SSSR count). The lowest BCUT2D eigenvalue weighted by Crippen LogP contribution is -2.51. The van der Waals surface area contributed by atoms with Crippen LogP contribution in [-0.2, 0) is 12.1 Å². The van der Waals surface area contributed by atoms with E-state index in [1.165, 1.54) is 0 Å². The quantitative estimate of drug-likeness (QED) is 0.828. The van der Waals surface area contributed by atoms with Gasteiger partial charge >= 0.3 is 0 Å². The van der Waals surface area contributed by atoms with Gasteiger partial charge in [-0.3, -0.25) is 9.78 Å². The van der Waals surface area contributed by atoms with Gasteiger partial charge in [0.2, 0.25) is 0 Å². The topological polar surface area (TPSA) is 46.9 Å². The Morgan fingerprint density at radius 2 is 2.22 bits per heavy atom. The van der Waals surface area contributed by atoms with E-state index in [2.05, 4.69) is 10.3 Å². The van der Waals surface area contributed by atoms with E-state index in [1.54, 1.807) is 0 Å². The zero-order valence-corrected chi connectivity index (χ0v) is 10.5. The molecule has 1 aliphatic heterocycles. The number of nitrogens with zero attached hydrogens (tertiary/aromatic N) is 2. The molecule has 2 aromatic rings. The summed E-state index contributed by atoms with van der Waals surface area (Å²) in [5.74, 6) is -0.0330. The van der Waals surface area contributed by atoms with Crippen molar-refractivity contribution < 1.29 is 4.79 Å². The lowest BCUT2D eigenvalue weighted by molar-refractivity contribution is 0.0847. The van der Waals surface area contributed by atoms with Gasteiger partial charge in [0, 0.05) is 24.6 Å². The molecule has 0 saturated heterocycles. The number of pyridine rings is 1. The summed E-state index contributed by atoms with van der Waals surface area (Å²) in [7, 11) is 0. The van der Waals surface area contributed by atoms with E-state index < -0.39 is 5.54 Å². The number of nitrogens with one attached hydrogen (secondary N) is 1. The molecule has 0 bridgehead atoms. The van der Waals surface area contributed by atoms with E-state index in [9.17, 15) is 4.79 Å². The number of hydrogen-bond acceptors (Lipinski definition) is 2. The van der Waals surface area contributed by atoms with Crippen molar-refractivity contribution in [3.05, 3.63) is 53.6 Å². The molecule has 4 nitrogen and oxygen atoms in total. The molecule has 1 N–H and O–H groups in total. The zero-order valence-electron chi connectivity index (χ0n) is 10.5. The highest BCUT2D eigenvalue weighted by Crippen LogP contribution is 2.27. The van der Waals surface area contributed by atoms with Gasteiger partial charge in [-0.15, -0.1) is 0 Å². The normalized spacial score (nSPS) is 22.4. The molecule has 0 unspecified atom stereocenters. The van der Waals surface area contributed by atoms with Crippen molar-refractivity contribution in [1.29, 1.82) is 0 Å². The maximum atomic E-state index is 12.1. The van der Waals surface area contributed by atoms with Crippen molar-refractivity contribution in [2.75, 3.05) is 0 Å². The SMILES string of the molecule is Cc1ccc([C@]2(C)Cn3cccc3C(=O)N2)cn1. The third kappa shape index (κ3) is 1.61. The Labute approximate surface area is 106 Å². The molecule has 92 valence electrons. The molecular weight excluding hydrogens is 226 g/mol. The second kappa shape index (κ2) is 3.70. The van der Waals surface area contributed by atoms with Crippen LogP contribution in [0.4, 0.5) is 0 Å². The summed E-state index contributed by atoms with van der Waals surface area (Å²) in [4.78, 5) is 16.4. The molecule has 2 aromatic heterocycles. The van der Waals surface area contributed by atoms with Crippen LogP contribution in [0, 0.1) is 6.92 Å². The Morgan fingerprint density at radius 1 is 1.39 bits per heavy atom. The molecule has 18 heavy (non-hydrogen) atoms. The van der Waals surface area contributed by atoms with Crippen LogP contribution in [0.1, 0.15) is 28.7 Å². The largest absolute Gasteiger partial charge is 0.341 e. The molecule has 0 spiro atoms. The van der Waals surface area contributed by atoms with Crippen molar-refractivity contribution in [3.8, 4) is 0 Å². The van der Waals surface area contributed by atoms with Gasteiger partial charge in [0.05, 0.1) is 5.54 Å². The second-order valence-corrected chi connectivity index (χ2v) is 5.00. The van der Waals surface area contributed by atoms with Crippen LogP contribution in [0.25, 0.3) is 0 Å². The highest BCUT2D eigenvalue weighted by molar-refractivity contribution is 5.94. The average Bonchev–Trinajstić information content (AvgIpc) is 2.77. The first-order valence-corrected chi connectivity index (χ1v) is 5.99. The number of rotatable bonds is 1. The number of hydrogen-bond donors (Lipinski definition) is 1. The average molecular weight is 241 g/mol. The van der Waals surface area contributed by atoms with E-state index in [0.29, 0.717) is 5.69 Å². The monoisotopic (exact) mass is 241 g/mol. The fourth-order valence-corrected chi connectivity index (χ4v) is 2.41. The van der Waals surface area contributed by atoms with Crippen LogP contribution in [0.5, 0.6) is 0 Å². The number of aromatic nitrogens is 2. The predicted molar refractivity (Wildman–Crippen MR) is 68.2 cm³/mol. The number of carbonyl (C=O) groups excluding carboxylic acids is 1. The summed E-state index contributed by atoms with van der Waals surface area (Å²) >= 11 is 0. The van der Waals surface area contributed by atoms with Crippen molar-refractivity contribution >= 4 is 5.91 Å². The minimum absolute atomic E-state index is 0.0330. The summed E-state index contributed by atoms with van der Waals surface area (Å²) in [6, 6.07) is 7.73. The van der Waals surface area contributed by atoms with Crippen LogP contribution in [0.3, 0.4) is 0 Å². The first-order chi connectivity index (χ1) is 8.58. The molecule has 0 saturated carbocycles. The Hall–Kier alpha value is -2.10. The van der Waals surface area contributed by atoms with Crippen molar-refractivity contribution in [1.82, 2.24) is 14.9 Å². The number of fused-ring (bicyclic) bond motifs is 1. The first kappa shape index (κ1) is 11.0. The summed E-state index contributed by atoms with van der Waals surface area (Å²) < 4.78 is 1.98. The van der Waals surface area contributed by atoms with Gasteiger partial charge in [0.1, 0.15) is 5.69 Å². The van der Waals surface area contributed by atoms with Crippen LogP contribution in [0.2, 0.25) is 0 Å². The molecular formula is C14H15N3O. The molecule has 4 heteroatoms. The molecule has 3 heterocycles. The Kier molecular flexibility index (Phi) is 2.26. The van der Waals surface area contributed by atoms with E-state index in [0.717, 1.165) is 17.8 Å². The highest BCUT2D eigenvalue weighted by Gasteiger charge is 2.35. The van der Waals surface area contributed by atoms with Gasteiger partial charge in [-0.25, -0.2) is 0 Å². The maximum absolute atomic E-state index is 12.1. The second-order valence-electron chi connectivity index (χ2n) is 5.00. The molecule has 0 aromatic carbocycles. The Balaban J connectivity index is 2.02. The lowest BCUT2D eigenvalue weighted by atomic mass is 9.91. The summed E-state index contributed by atoms with van der Waals surface area (Å²) in [6.45, 7) is 4.71. The predicted octanol–water partition coefficient (Wildman–Crippen LogP) is 1.85. The van der Waals surface area contributed by atoms with Crippen LogP contribution >= 0.6 is 0 Å². The van der Waals surface area contributed by atoms with Crippen molar-refractivity contribution in [3.63, 3.8) is 0 Å². The standard InChI is InChI=1S/C14H15N3O/c1-10-5-6-11(8-15-10)14(2)9-17-7-3-4-12(17)13(18)16-14/h3-8H,9H2,1-2H3,(H,16,18)/t14-/m0/s1. The van der Waals surface area contributed by atoms with Gasteiger partial charge in [-0.1, -0.05) is 6.07 Å². The number of carbonyl (C=O) groups is 1. The van der Waals surface area contributed by atoms with Gasteiger partial charge in [-0.05, 0) is 37.6 Å². The third-order valence-electron chi connectivity index (χ3n) is 3.49. The van der Waals surface area contributed by atoms with Gasteiger partial charge in [-0.2, -0.15) is 0 Å². The van der Waals surface area contributed by atoms with Gasteiger partial charge in [0.25, 0.3) is 5.91 Å². The van der Waals surface area contributed by atoms with Gasteiger partial charge in [0.15, 0.2) is 0 Å². The summed E-state index contributed by atoms with van der Waals surface area (Å²) in [5.41, 5.74) is 2.32. The van der Waals surface area contributed by atoms with E-state index in [1.807, 2.05) is 55.1 Å². The minimum Gasteiger partial charge on any atom is -0.341 e. The summed E-state index contributed by atoms with van der Waals surface area (Å²) in [6.07, 6.45) is 3.78. The smallest absolute Gasteiger partial charge is 0.268 e. The minimum atomic E-state index is -0.399. The molecule has 1 amide bonds. The molecule has 0 radical (unpaired) electrons. The van der Waals surface area contributed by atoms with E-state index in [-0.39, 0.29) is 5.91 Å². The molecule has 0 fully saturated rings. The van der Waals surface area contributed by atoms with Crippen LogP contribution in [-0.4, -0.2) is 15.5 Å². The maximum Gasteiger partial charge on any atom is 0.268 e. The first-order valence-electron chi connectivity index (χ1n) is 5.99. The number of aryl methyl sites for hydroxylation is 1.